The zero-order chi connectivity index (χ0) is 41.4. The lowest BCUT2D eigenvalue weighted by atomic mass is 9.79. The van der Waals surface area contributed by atoms with Crippen molar-refractivity contribution in [2.45, 2.75) is 70.7 Å². The van der Waals surface area contributed by atoms with Gasteiger partial charge in [0.1, 0.15) is 25.1 Å². The van der Waals surface area contributed by atoms with Crippen molar-refractivity contribution in [3.8, 4) is 23.0 Å². The molecule has 0 aliphatic carbocycles. The average molecular weight is 809 g/mol. The fourth-order valence-corrected chi connectivity index (χ4v) is 8.68. The van der Waals surface area contributed by atoms with Gasteiger partial charge >= 0.3 is 7.12 Å². The van der Waals surface area contributed by atoms with Gasteiger partial charge in [-0.15, -0.1) is 0 Å². The molecule has 0 saturated carbocycles. The van der Waals surface area contributed by atoms with Crippen molar-refractivity contribution in [2.24, 2.45) is 7.05 Å². The summed E-state index contributed by atoms with van der Waals surface area (Å²) in [5.74, 6) is 0.951. The van der Waals surface area contributed by atoms with Crippen LogP contribution in [0.4, 0.5) is 15.8 Å². The van der Waals surface area contributed by atoms with Gasteiger partial charge in [0.15, 0.2) is 0 Å². The van der Waals surface area contributed by atoms with Crippen molar-refractivity contribution in [2.75, 3.05) is 49.1 Å². The van der Waals surface area contributed by atoms with Crippen LogP contribution in [0.5, 0.6) is 11.8 Å². The second-order valence-corrected chi connectivity index (χ2v) is 17.2. The summed E-state index contributed by atoms with van der Waals surface area (Å²) in [7, 11) is 1.58. The zero-order valence-corrected chi connectivity index (χ0v) is 35.3. The van der Waals surface area contributed by atoms with E-state index in [-0.39, 0.29) is 6.04 Å². The highest BCUT2D eigenvalue weighted by Crippen LogP contribution is 2.39. The maximum absolute atomic E-state index is 16.1. The van der Waals surface area contributed by atoms with Gasteiger partial charge in [-0.3, -0.25) is 9.58 Å². The van der Waals surface area contributed by atoms with Crippen LogP contribution in [0.3, 0.4) is 0 Å². The number of hydrogen-bond acceptors (Lipinski definition) is 9. The molecule has 12 heteroatoms. The Hall–Kier alpha value is -5.43. The van der Waals surface area contributed by atoms with E-state index in [0.717, 1.165) is 89.3 Å². The SMILES string of the molecule is Cn1nc(-c2ccc(OCc3ccccc3)nc2OCc2ccccc2)c2cccc(N3CCN([C@H]4CCN(c5ccc(B6OC(C)(C)C(C)(C)O6)cc5)C[C@H]4F)CC3)c21. The van der Waals surface area contributed by atoms with Gasteiger partial charge in [-0.05, 0) is 75.0 Å². The van der Waals surface area contributed by atoms with Crippen molar-refractivity contribution in [1.29, 1.82) is 0 Å². The van der Waals surface area contributed by atoms with E-state index >= 15 is 4.39 Å². The van der Waals surface area contributed by atoms with Gasteiger partial charge < -0.3 is 28.6 Å². The molecular weight excluding hydrogens is 754 g/mol. The normalized spacial score (nSPS) is 20.5. The summed E-state index contributed by atoms with van der Waals surface area (Å²) in [5, 5.41) is 6.09. The fraction of sp³-hybridized carbons (Fsp3) is 0.375. The Morgan fingerprint density at radius 2 is 1.37 bits per heavy atom. The lowest BCUT2D eigenvalue weighted by Crippen LogP contribution is -2.58. The molecule has 5 heterocycles. The van der Waals surface area contributed by atoms with Crippen LogP contribution in [0.25, 0.3) is 22.2 Å². The molecule has 0 bridgehead atoms. The standard InChI is InChI=1S/C48H54BFN6O4/c1-47(2)48(3,4)60-49(59-47)36-19-21-37(22-20-36)56-26-25-41(40(50)31-56)54-27-29-55(30-28-54)42-18-12-17-38-44(52-53(5)45(38)42)39-23-24-43(57-32-34-13-8-6-9-14-34)51-46(39)58-33-35-15-10-7-11-16-35/h6-24,40-41H,25-33H2,1-5H3/t40-,41+/m1/s1. The summed E-state index contributed by atoms with van der Waals surface area (Å²) in [6, 6.07) is 38.5. The summed E-state index contributed by atoms with van der Waals surface area (Å²) < 4.78 is 43.1. The van der Waals surface area contributed by atoms with Crippen LogP contribution in [0.1, 0.15) is 45.2 Å². The molecule has 3 saturated heterocycles. The molecule has 0 radical (unpaired) electrons. The van der Waals surface area contributed by atoms with Crippen LogP contribution >= 0.6 is 0 Å². The number of rotatable bonds is 11. The predicted octanol–water partition coefficient (Wildman–Crippen LogP) is 7.83. The highest BCUT2D eigenvalue weighted by Gasteiger charge is 2.51. The number of benzene rings is 4. The van der Waals surface area contributed by atoms with Gasteiger partial charge in [0.25, 0.3) is 0 Å². The molecule has 60 heavy (non-hydrogen) atoms. The number of nitrogens with zero attached hydrogens (tertiary/aromatic N) is 6. The topological polar surface area (TPSA) is 77.4 Å². The van der Waals surface area contributed by atoms with E-state index in [1.54, 1.807) is 0 Å². The maximum atomic E-state index is 16.1. The second-order valence-electron chi connectivity index (χ2n) is 17.2. The number of alkyl halides is 1. The number of halogens is 1. The highest BCUT2D eigenvalue weighted by molar-refractivity contribution is 6.62. The number of ether oxygens (including phenoxy) is 2. The summed E-state index contributed by atoms with van der Waals surface area (Å²) in [4.78, 5) is 11.8. The predicted molar refractivity (Wildman–Crippen MR) is 237 cm³/mol. The minimum Gasteiger partial charge on any atom is -0.473 e. The minimum absolute atomic E-state index is 0.104. The minimum atomic E-state index is -0.946. The smallest absolute Gasteiger partial charge is 0.473 e. The average Bonchev–Trinajstić information content (AvgIpc) is 3.72. The highest BCUT2D eigenvalue weighted by atomic mass is 19.1. The Labute approximate surface area is 353 Å². The maximum Gasteiger partial charge on any atom is 0.494 e. The largest absolute Gasteiger partial charge is 0.494 e. The number of pyridine rings is 1. The summed E-state index contributed by atoms with van der Waals surface area (Å²) in [6.45, 7) is 13.4. The Bertz CT molecular complexity index is 2390. The van der Waals surface area contributed by atoms with E-state index in [0.29, 0.717) is 31.5 Å². The van der Waals surface area contributed by atoms with Crippen LogP contribution in [0.15, 0.2) is 115 Å². The van der Waals surface area contributed by atoms with E-state index in [4.69, 9.17) is 28.9 Å². The molecule has 9 rings (SSSR count). The summed E-state index contributed by atoms with van der Waals surface area (Å²) in [5.41, 5.74) is 7.08. The molecule has 0 spiro atoms. The van der Waals surface area contributed by atoms with Crippen molar-refractivity contribution in [1.82, 2.24) is 19.7 Å². The van der Waals surface area contributed by atoms with Crippen LogP contribution in [-0.2, 0) is 29.6 Å². The van der Waals surface area contributed by atoms with Crippen LogP contribution in [-0.4, -0.2) is 89.5 Å². The monoisotopic (exact) mass is 808 g/mol. The molecule has 10 nitrogen and oxygen atoms in total. The number of piperazine rings is 1. The molecular formula is C48H54BFN6O4. The van der Waals surface area contributed by atoms with E-state index in [2.05, 4.69) is 84.9 Å². The van der Waals surface area contributed by atoms with Gasteiger partial charge in [0.2, 0.25) is 11.8 Å². The number of aromatic nitrogens is 3. The molecule has 0 amide bonds. The van der Waals surface area contributed by atoms with Crippen molar-refractivity contribution >= 4 is 34.9 Å². The quantitative estimate of drug-likeness (QED) is 0.122. The lowest BCUT2D eigenvalue weighted by Gasteiger charge is -2.45. The molecule has 0 N–H and O–H groups in total. The third-order valence-electron chi connectivity index (χ3n) is 12.8. The van der Waals surface area contributed by atoms with Crippen LogP contribution in [0, 0.1) is 0 Å². The number of piperidine rings is 1. The third-order valence-corrected chi connectivity index (χ3v) is 12.8. The molecule has 3 fully saturated rings. The first-order chi connectivity index (χ1) is 29.0. The van der Waals surface area contributed by atoms with Crippen LogP contribution in [0.2, 0.25) is 0 Å². The first-order valence-electron chi connectivity index (χ1n) is 21.2. The lowest BCUT2D eigenvalue weighted by molar-refractivity contribution is 0.00578. The Balaban J connectivity index is 0.871. The van der Waals surface area contributed by atoms with E-state index in [9.17, 15) is 0 Å². The first-order valence-corrected chi connectivity index (χ1v) is 21.2. The molecule has 4 aromatic carbocycles. The fourth-order valence-electron chi connectivity index (χ4n) is 8.68. The van der Waals surface area contributed by atoms with Gasteiger partial charge in [-0.2, -0.15) is 10.1 Å². The Kier molecular flexibility index (Phi) is 11.0. The van der Waals surface area contributed by atoms with Gasteiger partial charge in [0.05, 0.1) is 34.5 Å². The number of aryl methyl sites for hydroxylation is 1. The van der Waals surface area contributed by atoms with E-state index in [1.165, 1.54) is 0 Å². The van der Waals surface area contributed by atoms with Crippen LogP contribution < -0.4 is 24.7 Å². The zero-order valence-electron chi connectivity index (χ0n) is 35.3. The first kappa shape index (κ1) is 40.0. The summed E-state index contributed by atoms with van der Waals surface area (Å²) >= 11 is 0. The van der Waals surface area contributed by atoms with Gasteiger partial charge in [0, 0.05) is 63.0 Å². The van der Waals surface area contributed by atoms with E-state index < -0.39 is 24.5 Å². The van der Waals surface area contributed by atoms with Crippen molar-refractivity contribution < 1.29 is 23.2 Å². The second kappa shape index (κ2) is 16.6. The Morgan fingerprint density at radius 3 is 2.02 bits per heavy atom. The third kappa shape index (κ3) is 8.08. The molecule has 2 atom stereocenters. The number of para-hydroxylation sites is 1. The van der Waals surface area contributed by atoms with Crippen molar-refractivity contribution in [3.05, 3.63) is 126 Å². The van der Waals surface area contributed by atoms with E-state index in [1.807, 2.05) is 84.5 Å². The molecule has 0 unspecified atom stereocenters. The number of hydrogen-bond donors (Lipinski definition) is 0. The molecule has 310 valence electrons. The van der Waals surface area contributed by atoms with Gasteiger partial charge in [-0.25, -0.2) is 4.39 Å². The molecule has 3 aliphatic heterocycles. The van der Waals surface area contributed by atoms with Gasteiger partial charge in [-0.1, -0.05) is 84.9 Å². The molecule has 3 aliphatic rings. The number of fused-ring (bicyclic) bond motifs is 1. The molecule has 6 aromatic rings. The number of anilines is 2. The van der Waals surface area contributed by atoms with Crippen molar-refractivity contribution in [3.63, 3.8) is 0 Å². The summed E-state index contributed by atoms with van der Waals surface area (Å²) in [6.07, 6.45) is -0.169. The molecule has 2 aromatic heterocycles. The Morgan fingerprint density at radius 1 is 0.717 bits per heavy atom.